The number of aryl methyl sites for hydroxylation is 1. The SMILES string of the molecule is Cc1cc(Cl)ccc1OCC(=O)N1CCC(OCCCN)CC1. The van der Waals surface area contributed by atoms with Gasteiger partial charge < -0.3 is 20.1 Å². The van der Waals surface area contributed by atoms with E-state index < -0.39 is 0 Å². The highest BCUT2D eigenvalue weighted by molar-refractivity contribution is 6.30. The van der Waals surface area contributed by atoms with Crippen LogP contribution in [-0.4, -0.2) is 49.8 Å². The Balaban J connectivity index is 1.72. The number of ether oxygens (including phenoxy) is 2. The number of piperidine rings is 1. The average molecular weight is 341 g/mol. The van der Waals surface area contributed by atoms with Gasteiger partial charge in [0.05, 0.1) is 6.10 Å². The molecule has 1 heterocycles. The van der Waals surface area contributed by atoms with Crippen molar-refractivity contribution in [2.45, 2.75) is 32.3 Å². The summed E-state index contributed by atoms with van der Waals surface area (Å²) >= 11 is 5.91. The van der Waals surface area contributed by atoms with E-state index in [-0.39, 0.29) is 18.6 Å². The van der Waals surface area contributed by atoms with Crippen LogP contribution in [0.5, 0.6) is 5.75 Å². The Morgan fingerprint density at radius 2 is 2.13 bits per heavy atom. The quantitative estimate of drug-likeness (QED) is 0.774. The lowest BCUT2D eigenvalue weighted by molar-refractivity contribution is -0.136. The summed E-state index contributed by atoms with van der Waals surface area (Å²) in [6.45, 7) is 4.76. The zero-order valence-corrected chi connectivity index (χ0v) is 14.3. The zero-order valence-electron chi connectivity index (χ0n) is 13.6. The van der Waals surface area contributed by atoms with Gasteiger partial charge in [-0.25, -0.2) is 0 Å². The van der Waals surface area contributed by atoms with Gasteiger partial charge in [0.1, 0.15) is 5.75 Å². The van der Waals surface area contributed by atoms with Gasteiger partial charge >= 0.3 is 0 Å². The molecule has 1 aliphatic heterocycles. The Bertz CT molecular complexity index is 517. The minimum atomic E-state index is 0.0137. The largest absolute Gasteiger partial charge is 0.483 e. The van der Waals surface area contributed by atoms with E-state index in [1.54, 1.807) is 12.1 Å². The summed E-state index contributed by atoms with van der Waals surface area (Å²) in [5.74, 6) is 0.711. The number of likely N-dealkylation sites (tertiary alicyclic amines) is 1. The summed E-state index contributed by atoms with van der Waals surface area (Å²) in [6.07, 6.45) is 2.87. The standard InChI is InChI=1S/C17H25ClN2O3/c1-13-11-14(18)3-4-16(13)23-12-17(21)20-8-5-15(6-9-20)22-10-2-7-19/h3-4,11,15H,2,5-10,12,19H2,1H3. The Labute approximate surface area is 142 Å². The molecule has 23 heavy (non-hydrogen) atoms. The maximum absolute atomic E-state index is 12.2. The number of amides is 1. The molecule has 2 rings (SSSR count). The molecule has 1 amide bonds. The average Bonchev–Trinajstić information content (AvgIpc) is 2.55. The van der Waals surface area contributed by atoms with Gasteiger partial charge in [-0.15, -0.1) is 0 Å². The van der Waals surface area contributed by atoms with Crippen LogP contribution in [-0.2, 0) is 9.53 Å². The topological polar surface area (TPSA) is 64.8 Å². The molecule has 0 atom stereocenters. The summed E-state index contributed by atoms with van der Waals surface area (Å²) < 4.78 is 11.4. The van der Waals surface area contributed by atoms with Gasteiger partial charge in [-0.05, 0) is 56.5 Å². The first-order chi connectivity index (χ1) is 11.1. The number of hydrogen-bond donors (Lipinski definition) is 1. The predicted octanol–water partition coefficient (Wildman–Crippen LogP) is 2.38. The maximum Gasteiger partial charge on any atom is 0.260 e. The first-order valence-electron chi connectivity index (χ1n) is 8.08. The van der Waals surface area contributed by atoms with Crippen molar-refractivity contribution in [3.8, 4) is 5.75 Å². The molecule has 0 spiro atoms. The van der Waals surface area contributed by atoms with Crippen molar-refractivity contribution >= 4 is 17.5 Å². The monoisotopic (exact) mass is 340 g/mol. The fourth-order valence-corrected chi connectivity index (χ4v) is 2.84. The number of halogens is 1. The fraction of sp³-hybridized carbons (Fsp3) is 0.588. The number of nitrogens with two attached hydrogens (primary N) is 1. The van der Waals surface area contributed by atoms with E-state index in [0.29, 0.717) is 23.9 Å². The number of carbonyl (C=O) groups is 1. The van der Waals surface area contributed by atoms with Crippen LogP contribution in [0.4, 0.5) is 0 Å². The normalized spacial score (nSPS) is 15.7. The van der Waals surface area contributed by atoms with Crippen LogP contribution in [0.25, 0.3) is 0 Å². The molecular weight excluding hydrogens is 316 g/mol. The third-order valence-corrected chi connectivity index (χ3v) is 4.22. The molecule has 0 aromatic heterocycles. The fourth-order valence-electron chi connectivity index (χ4n) is 2.61. The van der Waals surface area contributed by atoms with Crippen LogP contribution in [0.3, 0.4) is 0 Å². The Kier molecular flexibility index (Phi) is 7.15. The second kappa shape index (κ2) is 9.11. The summed E-state index contributed by atoms with van der Waals surface area (Å²) in [5, 5.41) is 0.665. The Morgan fingerprint density at radius 1 is 1.39 bits per heavy atom. The molecule has 0 bridgehead atoms. The van der Waals surface area contributed by atoms with Gasteiger partial charge in [0.15, 0.2) is 6.61 Å². The van der Waals surface area contributed by atoms with E-state index >= 15 is 0 Å². The van der Waals surface area contributed by atoms with Crippen LogP contribution in [0, 0.1) is 6.92 Å². The molecule has 1 aromatic rings. The molecule has 0 saturated carbocycles. The number of carbonyl (C=O) groups excluding carboxylic acids is 1. The molecule has 128 valence electrons. The molecular formula is C17H25ClN2O3. The van der Waals surface area contributed by atoms with E-state index in [1.165, 1.54) is 0 Å². The molecule has 1 fully saturated rings. The van der Waals surface area contributed by atoms with Crippen LogP contribution in [0.1, 0.15) is 24.8 Å². The van der Waals surface area contributed by atoms with Crippen molar-refractivity contribution in [3.63, 3.8) is 0 Å². The van der Waals surface area contributed by atoms with Crippen molar-refractivity contribution in [2.24, 2.45) is 5.73 Å². The number of rotatable bonds is 7. The second-order valence-corrected chi connectivity index (χ2v) is 6.23. The van der Waals surface area contributed by atoms with Crippen molar-refractivity contribution in [1.29, 1.82) is 0 Å². The molecule has 1 aliphatic rings. The van der Waals surface area contributed by atoms with E-state index in [1.807, 2.05) is 17.9 Å². The number of nitrogens with zero attached hydrogens (tertiary/aromatic N) is 1. The molecule has 0 radical (unpaired) electrons. The van der Waals surface area contributed by atoms with Gasteiger partial charge in [-0.1, -0.05) is 11.6 Å². The van der Waals surface area contributed by atoms with E-state index in [2.05, 4.69) is 0 Å². The smallest absolute Gasteiger partial charge is 0.260 e. The first kappa shape index (κ1) is 18.0. The highest BCUT2D eigenvalue weighted by Gasteiger charge is 2.23. The Hall–Kier alpha value is -1.30. The van der Waals surface area contributed by atoms with E-state index in [4.69, 9.17) is 26.8 Å². The molecule has 2 N–H and O–H groups in total. The minimum Gasteiger partial charge on any atom is -0.483 e. The summed E-state index contributed by atoms with van der Waals surface area (Å²) in [5.41, 5.74) is 6.38. The third kappa shape index (κ3) is 5.68. The van der Waals surface area contributed by atoms with Crippen LogP contribution >= 0.6 is 11.6 Å². The maximum atomic E-state index is 12.2. The van der Waals surface area contributed by atoms with E-state index in [0.717, 1.165) is 37.9 Å². The van der Waals surface area contributed by atoms with Crippen LogP contribution < -0.4 is 10.5 Å². The Morgan fingerprint density at radius 3 is 2.78 bits per heavy atom. The highest BCUT2D eigenvalue weighted by atomic mass is 35.5. The van der Waals surface area contributed by atoms with Crippen molar-refractivity contribution in [2.75, 3.05) is 32.8 Å². The lowest BCUT2D eigenvalue weighted by Gasteiger charge is -2.32. The third-order valence-electron chi connectivity index (χ3n) is 3.98. The molecule has 1 aromatic carbocycles. The van der Waals surface area contributed by atoms with Gasteiger partial charge in [-0.2, -0.15) is 0 Å². The van der Waals surface area contributed by atoms with E-state index in [9.17, 15) is 4.79 Å². The second-order valence-electron chi connectivity index (χ2n) is 5.79. The summed E-state index contributed by atoms with van der Waals surface area (Å²) in [4.78, 5) is 14.1. The van der Waals surface area contributed by atoms with Crippen molar-refractivity contribution < 1.29 is 14.3 Å². The van der Waals surface area contributed by atoms with Gasteiger partial charge in [-0.3, -0.25) is 4.79 Å². The lowest BCUT2D eigenvalue weighted by Crippen LogP contribution is -2.43. The number of hydrogen-bond acceptors (Lipinski definition) is 4. The molecule has 0 aliphatic carbocycles. The highest BCUT2D eigenvalue weighted by Crippen LogP contribution is 2.22. The van der Waals surface area contributed by atoms with Gasteiger partial charge in [0, 0.05) is 24.7 Å². The van der Waals surface area contributed by atoms with Crippen LogP contribution in [0.15, 0.2) is 18.2 Å². The number of benzene rings is 1. The molecule has 1 saturated heterocycles. The van der Waals surface area contributed by atoms with Crippen molar-refractivity contribution in [1.82, 2.24) is 4.90 Å². The summed E-state index contributed by atoms with van der Waals surface area (Å²) in [6, 6.07) is 5.38. The zero-order chi connectivity index (χ0) is 16.7. The first-order valence-corrected chi connectivity index (χ1v) is 8.46. The molecule has 6 heteroatoms. The predicted molar refractivity (Wildman–Crippen MR) is 90.9 cm³/mol. The molecule has 0 unspecified atom stereocenters. The van der Waals surface area contributed by atoms with Crippen LogP contribution in [0.2, 0.25) is 5.02 Å². The minimum absolute atomic E-state index is 0.0137. The lowest BCUT2D eigenvalue weighted by atomic mass is 10.1. The van der Waals surface area contributed by atoms with Gasteiger partial charge in [0.25, 0.3) is 5.91 Å². The molecule has 5 nitrogen and oxygen atoms in total. The van der Waals surface area contributed by atoms with Crippen molar-refractivity contribution in [3.05, 3.63) is 28.8 Å². The summed E-state index contributed by atoms with van der Waals surface area (Å²) in [7, 11) is 0. The van der Waals surface area contributed by atoms with Gasteiger partial charge in [0.2, 0.25) is 0 Å².